The van der Waals surface area contributed by atoms with E-state index in [0.717, 1.165) is 24.9 Å². The Hall–Kier alpha value is -3.26. The molecule has 0 aromatic heterocycles. The van der Waals surface area contributed by atoms with E-state index in [9.17, 15) is 24.0 Å². The summed E-state index contributed by atoms with van der Waals surface area (Å²) in [5, 5.41) is 15.3. The van der Waals surface area contributed by atoms with Crippen LogP contribution in [-0.4, -0.2) is 37.3 Å². The Morgan fingerprint density at radius 2 is 1.97 bits per heavy atom. The van der Waals surface area contributed by atoms with E-state index in [2.05, 4.69) is 10.6 Å². The fourth-order valence-corrected chi connectivity index (χ4v) is 4.84. The fraction of sp³-hybridized carbons (Fsp3) is 0.250. The zero-order chi connectivity index (χ0) is 26.4. The number of esters is 1. The van der Waals surface area contributed by atoms with E-state index in [1.54, 1.807) is 19.1 Å². The van der Waals surface area contributed by atoms with Crippen LogP contribution in [0.1, 0.15) is 18.4 Å². The van der Waals surface area contributed by atoms with Gasteiger partial charge in [-0.2, -0.15) is 5.26 Å². The highest BCUT2D eigenvalue weighted by atomic mass is 35.5. The lowest BCUT2D eigenvalue weighted by molar-refractivity contribution is -0.150. The fourth-order valence-electron chi connectivity index (χ4n) is 3.57. The van der Waals surface area contributed by atoms with E-state index in [1.807, 2.05) is 6.07 Å². The van der Waals surface area contributed by atoms with Crippen LogP contribution in [-0.2, 0) is 19.1 Å². The molecular formula is C24H20Cl2FN3O5S. The summed E-state index contributed by atoms with van der Waals surface area (Å²) in [5.74, 6) is -4.78. The molecule has 2 N–H and O–H groups in total. The third kappa shape index (κ3) is 6.10. The number of hydrogen-bond donors (Lipinski definition) is 2. The van der Waals surface area contributed by atoms with Crippen LogP contribution in [0.4, 0.5) is 10.1 Å². The van der Waals surface area contributed by atoms with Gasteiger partial charge in [0.25, 0.3) is 0 Å². The first kappa shape index (κ1) is 27.3. The molecule has 3 rings (SSSR count). The van der Waals surface area contributed by atoms with Gasteiger partial charge in [-0.3, -0.25) is 14.4 Å². The zero-order valence-electron chi connectivity index (χ0n) is 19.1. The molecule has 188 valence electrons. The van der Waals surface area contributed by atoms with Gasteiger partial charge >= 0.3 is 5.97 Å². The summed E-state index contributed by atoms with van der Waals surface area (Å²) in [6.07, 6.45) is 0. The average Bonchev–Trinajstić information content (AvgIpc) is 2.85. The van der Waals surface area contributed by atoms with Gasteiger partial charge in [-0.25, -0.2) is 4.39 Å². The number of nitriles is 1. The molecule has 0 spiro atoms. The molecule has 0 aliphatic carbocycles. The molecule has 2 atom stereocenters. The van der Waals surface area contributed by atoms with E-state index in [0.29, 0.717) is 17.9 Å². The van der Waals surface area contributed by atoms with Crippen molar-refractivity contribution in [2.75, 3.05) is 24.8 Å². The van der Waals surface area contributed by atoms with Crippen molar-refractivity contribution in [3.05, 3.63) is 68.4 Å². The molecule has 0 saturated heterocycles. The second-order valence-corrected chi connectivity index (χ2v) is 9.21. The van der Waals surface area contributed by atoms with Crippen LogP contribution in [0.15, 0.2) is 47.0 Å². The van der Waals surface area contributed by atoms with E-state index in [4.69, 9.17) is 32.7 Å². The molecule has 0 unspecified atom stereocenters. The van der Waals surface area contributed by atoms with Crippen molar-refractivity contribution in [1.82, 2.24) is 5.32 Å². The third-order valence-corrected chi connectivity index (χ3v) is 6.75. The first-order valence-electron chi connectivity index (χ1n) is 10.5. The van der Waals surface area contributed by atoms with Gasteiger partial charge in [-0.05, 0) is 42.8 Å². The number of benzene rings is 2. The SMILES string of the molecule is CCOc1ccc([C@@H]2C(C#N)=C(SCC(=O)Nc3ccc(F)c(Cl)c3)NC(=O)[C@@H]2C(=O)OC)cc1Cl. The molecule has 1 heterocycles. The predicted molar refractivity (Wildman–Crippen MR) is 134 cm³/mol. The molecule has 12 heteroatoms. The lowest BCUT2D eigenvalue weighted by Gasteiger charge is -2.31. The number of amides is 2. The van der Waals surface area contributed by atoms with Crippen LogP contribution >= 0.6 is 35.0 Å². The minimum Gasteiger partial charge on any atom is -0.492 e. The highest BCUT2D eigenvalue weighted by molar-refractivity contribution is 8.03. The molecule has 2 amide bonds. The second-order valence-electron chi connectivity index (χ2n) is 7.41. The van der Waals surface area contributed by atoms with Crippen LogP contribution < -0.4 is 15.4 Å². The molecule has 1 aliphatic rings. The Morgan fingerprint density at radius 1 is 1.22 bits per heavy atom. The van der Waals surface area contributed by atoms with Gasteiger partial charge in [-0.15, -0.1) is 0 Å². The molecular weight excluding hydrogens is 532 g/mol. The largest absolute Gasteiger partial charge is 0.492 e. The first-order chi connectivity index (χ1) is 17.2. The van der Waals surface area contributed by atoms with Crippen LogP contribution in [0.3, 0.4) is 0 Å². The molecule has 2 aromatic carbocycles. The summed E-state index contributed by atoms with van der Waals surface area (Å²) in [4.78, 5) is 37.9. The van der Waals surface area contributed by atoms with Crippen LogP contribution in [0, 0.1) is 23.1 Å². The van der Waals surface area contributed by atoms with E-state index in [-0.39, 0.29) is 32.1 Å². The van der Waals surface area contributed by atoms with E-state index < -0.39 is 35.4 Å². The number of nitrogens with one attached hydrogen (secondary N) is 2. The van der Waals surface area contributed by atoms with Gasteiger partial charge < -0.3 is 20.1 Å². The van der Waals surface area contributed by atoms with Crippen molar-refractivity contribution in [1.29, 1.82) is 5.26 Å². The van der Waals surface area contributed by atoms with Gasteiger partial charge in [0.05, 0.1) is 46.2 Å². The van der Waals surface area contributed by atoms with Gasteiger partial charge in [0.15, 0.2) is 0 Å². The molecule has 36 heavy (non-hydrogen) atoms. The van der Waals surface area contributed by atoms with Gasteiger partial charge in [0.1, 0.15) is 17.5 Å². The third-order valence-electron chi connectivity index (χ3n) is 5.15. The standard InChI is InChI=1S/C24H20Cl2FN3O5S/c1-3-35-18-7-4-12(8-16(18)26)20-14(10-28)23(30-22(32)21(20)24(33)34-2)36-11-19(31)29-13-5-6-17(27)15(25)9-13/h4-9,20-21H,3,11H2,1-2H3,(H,29,31)(H,30,32)/t20-,21-/m1/s1. The molecule has 0 radical (unpaired) electrons. The smallest absolute Gasteiger partial charge is 0.319 e. The summed E-state index contributed by atoms with van der Waals surface area (Å²) in [5.41, 5.74) is 0.767. The van der Waals surface area contributed by atoms with Gasteiger partial charge in [0.2, 0.25) is 11.8 Å². The van der Waals surface area contributed by atoms with Gasteiger partial charge in [0, 0.05) is 11.6 Å². The second kappa shape index (κ2) is 12.1. The molecule has 0 saturated carbocycles. The highest BCUT2D eigenvalue weighted by Gasteiger charge is 2.44. The highest BCUT2D eigenvalue weighted by Crippen LogP contribution is 2.42. The number of carbonyl (C=O) groups excluding carboxylic acids is 3. The topological polar surface area (TPSA) is 118 Å². The van der Waals surface area contributed by atoms with Crippen molar-refractivity contribution in [3.63, 3.8) is 0 Å². The summed E-state index contributed by atoms with van der Waals surface area (Å²) in [6, 6.07) is 10.5. The molecule has 0 fully saturated rings. The number of anilines is 1. The first-order valence-corrected chi connectivity index (χ1v) is 12.3. The van der Waals surface area contributed by atoms with Crippen LogP contribution in [0.2, 0.25) is 10.0 Å². The monoisotopic (exact) mass is 551 g/mol. The summed E-state index contributed by atoms with van der Waals surface area (Å²) in [7, 11) is 1.14. The number of halogens is 3. The minimum atomic E-state index is -1.35. The Balaban J connectivity index is 1.91. The van der Waals surface area contributed by atoms with Crippen molar-refractivity contribution in [3.8, 4) is 11.8 Å². The maximum atomic E-state index is 13.3. The number of nitrogens with zero attached hydrogens (tertiary/aromatic N) is 1. The molecule has 2 aromatic rings. The number of ether oxygens (including phenoxy) is 2. The lowest BCUT2D eigenvalue weighted by Crippen LogP contribution is -2.44. The normalized spacial score (nSPS) is 17.2. The Kier molecular flexibility index (Phi) is 9.20. The predicted octanol–water partition coefficient (Wildman–Crippen LogP) is 4.64. The molecule has 1 aliphatic heterocycles. The van der Waals surface area contributed by atoms with Gasteiger partial charge in [-0.1, -0.05) is 41.0 Å². The van der Waals surface area contributed by atoms with E-state index in [1.165, 1.54) is 18.2 Å². The van der Waals surface area contributed by atoms with Crippen molar-refractivity contribution < 1.29 is 28.2 Å². The Bertz CT molecular complexity index is 1280. The summed E-state index contributed by atoms with van der Waals surface area (Å²) >= 11 is 13.0. The quantitative estimate of drug-likeness (QED) is 0.362. The van der Waals surface area contributed by atoms with Crippen molar-refractivity contribution in [2.24, 2.45) is 5.92 Å². The number of thioether (sulfide) groups is 1. The number of rotatable bonds is 8. The van der Waals surface area contributed by atoms with Crippen molar-refractivity contribution >= 4 is 58.4 Å². The molecule has 0 bridgehead atoms. The zero-order valence-corrected chi connectivity index (χ0v) is 21.4. The number of carbonyl (C=O) groups is 3. The Labute approximate surface area is 220 Å². The number of methoxy groups -OCH3 is 1. The summed E-state index contributed by atoms with van der Waals surface area (Å²) in [6.45, 7) is 2.18. The minimum absolute atomic E-state index is 0.0628. The Morgan fingerprint density at radius 3 is 2.58 bits per heavy atom. The maximum Gasteiger partial charge on any atom is 0.319 e. The average molecular weight is 552 g/mol. The number of allylic oxidation sites excluding steroid dienone is 1. The lowest BCUT2D eigenvalue weighted by atomic mass is 9.78. The molecule has 8 nitrogen and oxygen atoms in total. The van der Waals surface area contributed by atoms with E-state index >= 15 is 0 Å². The van der Waals surface area contributed by atoms with Crippen LogP contribution in [0.5, 0.6) is 5.75 Å². The maximum absolute atomic E-state index is 13.3. The number of hydrogen-bond acceptors (Lipinski definition) is 7. The summed E-state index contributed by atoms with van der Waals surface area (Å²) < 4.78 is 23.6. The van der Waals surface area contributed by atoms with Crippen molar-refractivity contribution in [2.45, 2.75) is 12.8 Å². The van der Waals surface area contributed by atoms with Crippen LogP contribution in [0.25, 0.3) is 0 Å².